The monoisotopic (exact) mass is 403 g/mol. The highest BCUT2D eigenvalue weighted by Gasteiger charge is 2.12. The van der Waals surface area contributed by atoms with Crippen molar-refractivity contribution in [1.82, 2.24) is 10.6 Å². The van der Waals surface area contributed by atoms with Gasteiger partial charge in [-0.05, 0) is 20.4 Å². The first kappa shape index (κ1) is 22.3. The van der Waals surface area contributed by atoms with Crippen LogP contribution in [0.1, 0.15) is 28.7 Å². The fourth-order valence-corrected chi connectivity index (χ4v) is 2.59. The second-order valence-corrected chi connectivity index (χ2v) is 6.55. The normalized spacial score (nSPS) is 12.2. The van der Waals surface area contributed by atoms with E-state index >= 15 is 0 Å². The van der Waals surface area contributed by atoms with Gasteiger partial charge in [-0.1, -0.05) is 75.7 Å². The van der Waals surface area contributed by atoms with E-state index < -0.39 is 6.17 Å². The maximum atomic E-state index is 9.45. The predicted molar refractivity (Wildman–Crippen MR) is 119 cm³/mol. The summed E-state index contributed by atoms with van der Waals surface area (Å²) in [7, 11) is 0. The van der Waals surface area contributed by atoms with E-state index in [1.807, 2.05) is 62.4 Å². The van der Waals surface area contributed by atoms with Crippen molar-refractivity contribution in [3.05, 3.63) is 88.8 Å². The number of amidine groups is 2. The number of nitrogens with zero attached hydrogens (tertiary/aromatic N) is 3. The average molecular weight is 403 g/mol. The lowest BCUT2D eigenvalue weighted by Crippen LogP contribution is -2.37. The summed E-state index contributed by atoms with van der Waals surface area (Å²) in [5.74, 6) is 3.25. The maximum absolute atomic E-state index is 9.45. The largest absolute Gasteiger partial charge is 0.409 e. The van der Waals surface area contributed by atoms with Gasteiger partial charge in [-0.25, -0.2) is 4.99 Å². The molecular weight excluding hydrogens is 378 g/mol. The third kappa shape index (κ3) is 6.86. The molecule has 0 heterocycles. The molecule has 2 aromatic carbocycles. The van der Waals surface area contributed by atoms with Gasteiger partial charge in [-0.2, -0.15) is 0 Å². The molecule has 0 radical (unpaired) electrons. The summed E-state index contributed by atoms with van der Waals surface area (Å²) >= 11 is 0. The molecule has 7 nitrogen and oxygen atoms in total. The fraction of sp³-hybridized carbons (Fsp3) is 0.217. The molecule has 30 heavy (non-hydrogen) atoms. The van der Waals surface area contributed by atoms with Gasteiger partial charge in [0.25, 0.3) is 0 Å². The molecule has 0 saturated carbocycles. The number of benzene rings is 2. The summed E-state index contributed by atoms with van der Waals surface area (Å²) in [6, 6.07) is 15.2. The number of aliphatic imine (C=N–C) groups is 1. The lowest BCUT2D eigenvalue weighted by molar-refractivity contribution is 0.315. The van der Waals surface area contributed by atoms with Crippen molar-refractivity contribution < 1.29 is 10.4 Å². The highest BCUT2D eigenvalue weighted by molar-refractivity contribution is 5.99. The molecule has 2 rings (SSSR count). The van der Waals surface area contributed by atoms with Crippen LogP contribution < -0.4 is 10.6 Å². The number of nitrogens with one attached hydrogen (secondary N) is 2. The number of hydrogen-bond acceptors (Lipinski definition) is 5. The van der Waals surface area contributed by atoms with Crippen LogP contribution in [0.25, 0.3) is 0 Å². The highest BCUT2D eigenvalue weighted by Crippen LogP contribution is 2.06. The van der Waals surface area contributed by atoms with Crippen molar-refractivity contribution in [1.29, 1.82) is 0 Å². The first-order valence-electron chi connectivity index (χ1n) is 9.38. The molecule has 0 saturated heterocycles. The number of aryl methyl sites for hydroxylation is 2. The first-order chi connectivity index (χ1) is 14.6. The van der Waals surface area contributed by atoms with Crippen molar-refractivity contribution in [2.24, 2.45) is 15.3 Å². The lowest BCUT2D eigenvalue weighted by atomic mass is 10.1. The fourth-order valence-electron chi connectivity index (χ4n) is 2.59. The smallest absolute Gasteiger partial charge is 0.174 e. The summed E-state index contributed by atoms with van der Waals surface area (Å²) in [5, 5.41) is 31.6. The predicted octanol–water partition coefficient (Wildman–Crippen LogP) is 3.34. The van der Waals surface area contributed by atoms with E-state index in [0.29, 0.717) is 18.8 Å². The minimum Gasteiger partial charge on any atom is -0.409 e. The van der Waals surface area contributed by atoms with E-state index in [1.54, 1.807) is 0 Å². The van der Waals surface area contributed by atoms with Gasteiger partial charge < -0.3 is 21.0 Å². The van der Waals surface area contributed by atoms with E-state index in [-0.39, 0.29) is 5.84 Å². The van der Waals surface area contributed by atoms with Gasteiger partial charge in [0.2, 0.25) is 0 Å². The molecule has 0 aliphatic rings. The summed E-state index contributed by atoms with van der Waals surface area (Å²) in [6.07, 6.45) is -0.00906. The van der Waals surface area contributed by atoms with Crippen molar-refractivity contribution in [3.63, 3.8) is 0 Å². The molecule has 0 aromatic heterocycles. The van der Waals surface area contributed by atoms with Crippen LogP contribution in [-0.4, -0.2) is 40.7 Å². The molecule has 1 unspecified atom stereocenters. The van der Waals surface area contributed by atoms with Gasteiger partial charge in [-0.15, -0.1) is 0 Å². The Hall–Kier alpha value is -4.01. The molecule has 0 aliphatic heterocycles. The SMILES string of the molecule is C=C=C=C=NC(CCN/C(=N\O)c1ccc(C)cc1)N/C(=N\O)c1ccc(C)cc1. The minimum absolute atomic E-state index is 0.280. The topological polar surface area (TPSA) is 102 Å². The van der Waals surface area contributed by atoms with Crippen molar-refractivity contribution in [2.75, 3.05) is 6.54 Å². The zero-order valence-electron chi connectivity index (χ0n) is 17.1. The van der Waals surface area contributed by atoms with Crippen LogP contribution in [0.15, 0.2) is 81.9 Å². The maximum Gasteiger partial charge on any atom is 0.174 e. The molecule has 2 aromatic rings. The van der Waals surface area contributed by atoms with Gasteiger partial charge in [0.05, 0.1) is 0 Å². The van der Waals surface area contributed by atoms with Crippen LogP contribution in [0.2, 0.25) is 0 Å². The summed E-state index contributed by atoms with van der Waals surface area (Å²) < 4.78 is 0. The Morgan fingerprint density at radius 3 is 1.97 bits per heavy atom. The van der Waals surface area contributed by atoms with Crippen LogP contribution in [0, 0.1) is 13.8 Å². The summed E-state index contributed by atoms with van der Waals surface area (Å²) in [6.45, 7) is 7.82. The summed E-state index contributed by atoms with van der Waals surface area (Å²) in [5.41, 5.74) is 8.71. The van der Waals surface area contributed by atoms with E-state index in [0.717, 1.165) is 22.3 Å². The van der Waals surface area contributed by atoms with Gasteiger partial charge >= 0.3 is 0 Å². The molecule has 1 atom stereocenters. The second-order valence-electron chi connectivity index (χ2n) is 6.55. The Kier molecular flexibility index (Phi) is 8.72. The van der Waals surface area contributed by atoms with Crippen LogP contribution in [0.4, 0.5) is 0 Å². The van der Waals surface area contributed by atoms with Gasteiger partial charge in [0.15, 0.2) is 11.7 Å². The van der Waals surface area contributed by atoms with Crippen LogP contribution in [0.5, 0.6) is 0 Å². The number of rotatable bonds is 7. The van der Waals surface area contributed by atoms with E-state index in [2.05, 4.69) is 49.8 Å². The van der Waals surface area contributed by atoms with Crippen molar-refractivity contribution >= 4 is 17.5 Å². The average Bonchev–Trinajstić information content (AvgIpc) is 2.76. The third-order valence-electron chi connectivity index (χ3n) is 4.23. The van der Waals surface area contributed by atoms with Gasteiger partial charge in [0.1, 0.15) is 6.17 Å². The third-order valence-corrected chi connectivity index (χ3v) is 4.23. The van der Waals surface area contributed by atoms with E-state index in [4.69, 9.17) is 0 Å². The quantitative estimate of drug-likeness (QED) is 0.187. The molecule has 7 heteroatoms. The molecule has 0 aliphatic carbocycles. The van der Waals surface area contributed by atoms with E-state index in [1.165, 1.54) is 0 Å². The van der Waals surface area contributed by atoms with Crippen LogP contribution in [0.3, 0.4) is 0 Å². The van der Waals surface area contributed by atoms with Crippen LogP contribution in [-0.2, 0) is 0 Å². The minimum atomic E-state index is -0.483. The second kappa shape index (κ2) is 11.7. The standard InChI is InChI=1S/C23H25N5O2/c1-4-5-15-24-21(26-23(28-30)20-12-8-18(3)9-13-20)14-16-25-22(27-29)19-10-6-17(2)7-11-19/h6-13,21,29-30H,1,14,16H2,2-3H3,(H,25,27)(H,26,28). The van der Waals surface area contributed by atoms with Crippen LogP contribution >= 0.6 is 0 Å². The zero-order valence-corrected chi connectivity index (χ0v) is 17.1. The van der Waals surface area contributed by atoms with E-state index in [9.17, 15) is 10.4 Å². The Morgan fingerprint density at radius 1 is 0.933 bits per heavy atom. The molecule has 4 N–H and O–H groups in total. The highest BCUT2D eigenvalue weighted by atomic mass is 16.4. The zero-order chi connectivity index (χ0) is 21.8. The molecule has 154 valence electrons. The Balaban J connectivity index is 2.09. The van der Waals surface area contributed by atoms with Crippen molar-refractivity contribution in [2.45, 2.75) is 26.4 Å². The molecule has 0 fully saturated rings. The van der Waals surface area contributed by atoms with Gasteiger partial charge in [-0.3, -0.25) is 0 Å². The first-order valence-corrected chi connectivity index (χ1v) is 9.38. The molecule has 0 spiro atoms. The number of hydrogen-bond donors (Lipinski definition) is 4. The molecular formula is C23H25N5O2. The number of oxime groups is 2. The summed E-state index contributed by atoms with van der Waals surface area (Å²) in [4.78, 5) is 4.24. The Bertz CT molecular complexity index is 1010. The van der Waals surface area contributed by atoms with Crippen molar-refractivity contribution in [3.8, 4) is 0 Å². The lowest BCUT2D eigenvalue weighted by Gasteiger charge is -2.17. The molecule has 0 bridgehead atoms. The van der Waals surface area contributed by atoms with Gasteiger partial charge in [0, 0.05) is 35.7 Å². The molecule has 0 amide bonds. The Morgan fingerprint density at radius 2 is 1.47 bits per heavy atom. The Labute approximate surface area is 176 Å².